The van der Waals surface area contributed by atoms with Crippen LogP contribution in [-0.4, -0.2) is 10.7 Å². The summed E-state index contributed by atoms with van der Waals surface area (Å²) in [4.78, 5) is 23.1. The number of rotatable bonds is 5. The second-order valence-corrected chi connectivity index (χ2v) is 7.73. The molecule has 30 heavy (non-hydrogen) atoms. The van der Waals surface area contributed by atoms with Gasteiger partial charge in [0, 0.05) is 22.7 Å². The van der Waals surface area contributed by atoms with Gasteiger partial charge in [0.25, 0.3) is 5.69 Å². The SMILES string of the molecule is Cc1cc(OCc2ccc(Br)cc2)cc2c1C(=O)/C(=C/c1ccc([N+](=O)[O-])cc1)O2. The number of hydrogen-bond donors (Lipinski definition) is 0. The third-order valence-electron chi connectivity index (χ3n) is 4.66. The van der Waals surface area contributed by atoms with Crippen LogP contribution in [0.4, 0.5) is 5.69 Å². The number of carbonyl (C=O) groups excluding carboxylic acids is 1. The first-order valence-electron chi connectivity index (χ1n) is 9.11. The normalized spacial score (nSPS) is 13.8. The number of aryl methyl sites for hydroxylation is 1. The van der Waals surface area contributed by atoms with Crippen molar-refractivity contribution in [2.45, 2.75) is 13.5 Å². The Morgan fingerprint density at radius 3 is 2.47 bits per heavy atom. The van der Waals surface area contributed by atoms with E-state index in [1.807, 2.05) is 37.3 Å². The lowest BCUT2D eigenvalue weighted by Crippen LogP contribution is -2.00. The van der Waals surface area contributed by atoms with Crippen molar-refractivity contribution in [3.63, 3.8) is 0 Å². The summed E-state index contributed by atoms with van der Waals surface area (Å²) in [5.74, 6) is 1.00. The van der Waals surface area contributed by atoms with E-state index < -0.39 is 4.92 Å². The minimum absolute atomic E-state index is 0.0116. The zero-order valence-corrected chi connectivity index (χ0v) is 17.5. The number of nitro benzene ring substituents is 1. The van der Waals surface area contributed by atoms with Crippen LogP contribution in [0, 0.1) is 17.0 Å². The van der Waals surface area contributed by atoms with Gasteiger partial charge in [-0.05, 0) is 60.0 Å². The van der Waals surface area contributed by atoms with E-state index in [4.69, 9.17) is 9.47 Å². The number of hydrogen-bond acceptors (Lipinski definition) is 5. The van der Waals surface area contributed by atoms with E-state index in [2.05, 4.69) is 15.9 Å². The lowest BCUT2D eigenvalue weighted by molar-refractivity contribution is -0.384. The van der Waals surface area contributed by atoms with Crippen LogP contribution in [0.3, 0.4) is 0 Å². The quantitative estimate of drug-likeness (QED) is 0.267. The molecule has 1 heterocycles. The first-order chi connectivity index (χ1) is 14.4. The molecule has 0 aliphatic carbocycles. The molecule has 1 aliphatic rings. The van der Waals surface area contributed by atoms with Crippen LogP contribution in [0.25, 0.3) is 6.08 Å². The number of non-ortho nitro benzene ring substituents is 1. The predicted octanol–water partition coefficient (Wildman–Crippen LogP) is 5.86. The van der Waals surface area contributed by atoms with Crippen molar-refractivity contribution in [2.75, 3.05) is 0 Å². The maximum atomic E-state index is 12.8. The molecule has 6 nitrogen and oxygen atoms in total. The summed E-state index contributed by atoms with van der Waals surface area (Å²) in [5, 5.41) is 10.8. The van der Waals surface area contributed by atoms with Gasteiger partial charge in [-0.2, -0.15) is 0 Å². The van der Waals surface area contributed by atoms with Crippen molar-refractivity contribution in [3.05, 3.63) is 103 Å². The van der Waals surface area contributed by atoms with Crippen molar-refractivity contribution in [3.8, 4) is 11.5 Å². The maximum absolute atomic E-state index is 12.8. The highest BCUT2D eigenvalue weighted by molar-refractivity contribution is 9.10. The average molecular weight is 466 g/mol. The predicted molar refractivity (Wildman–Crippen MR) is 116 cm³/mol. The summed E-state index contributed by atoms with van der Waals surface area (Å²) in [6.45, 7) is 2.23. The molecular formula is C23H16BrNO5. The average Bonchev–Trinajstić information content (AvgIpc) is 3.03. The molecule has 4 rings (SSSR count). The lowest BCUT2D eigenvalue weighted by Gasteiger charge is -2.09. The number of ketones is 1. The molecule has 0 radical (unpaired) electrons. The van der Waals surface area contributed by atoms with E-state index in [0.29, 0.717) is 29.2 Å². The van der Waals surface area contributed by atoms with Gasteiger partial charge in [-0.25, -0.2) is 0 Å². The number of nitrogens with zero attached hydrogens (tertiary/aromatic N) is 1. The maximum Gasteiger partial charge on any atom is 0.269 e. The van der Waals surface area contributed by atoms with Crippen LogP contribution in [-0.2, 0) is 6.61 Å². The molecule has 0 bridgehead atoms. The number of nitro groups is 1. The first kappa shape index (κ1) is 19.8. The van der Waals surface area contributed by atoms with Crippen LogP contribution < -0.4 is 9.47 Å². The number of ether oxygens (including phenoxy) is 2. The molecule has 0 fully saturated rings. The molecule has 0 N–H and O–H groups in total. The van der Waals surface area contributed by atoms with Crippen molar-refractivity contribution in [2.24, 2.45) is 0 Å². The van der Waals surface area contributed by atoms with Crippen LogP contribution in [0.1, 0.15) is 27.0 Å². The second kappa shape index (κ2) is 8.12. The van der Waals surface area contributed by atoms with Crippen molar-refractivity contribution < 1.29 is 19.2 Å². The Hall–Kier alpha value is -3.45. The fourth-order valence-electron chi connectivity index (χ4n) is 3.15. The summed E-state index contributed by atoms with van der Waals surface area (Å²) in [6, 6.07) is 17.3. The van der Waals surface area contributed by atoms with Crippen LogP contribution >= 0.6 is 15.9 Å². The molecule has 3 aromatic rings. The minimum atomic E-state index is -0.469. The molecule has 0 saturated carbocycles. The van der Waals surface area contributed by atoms with Crippen molar-refractivity contribution in [1.82, 2.24) is 0 Å². The van der Waals surface area contributed by atoms with Gasteiger partial charge in [-0.3, -0.25) is 14.9 Å². The standard InChI is InChI=1S/C23H16BrNO5/c1-14-10-19(29-13-16-2-6-17(24)7-3-16)12-20-22(14)23(26)21(30-20)11-15-4-8-18(9-5-15)25(27)28/h2-12H,13H2,1H3/b21-11-. The summed E-state index contributed by atoms with van der Waals surface area (Å²) in [7, 11) is 0. The smallest absolute Gasteiger partial charge is 0.269 e. The van der Waals surface area contributed by atoms with Crippen molar-refractivity contribution >= 4 is 33.5 Å². The molecule has 0 unspecified atom stereocenters. The number of benzene rings is 3. The first-order valence-corrected chi connectivity index (χ1v) is 9.90. The molecule has 0 amide bonds. The molecule has 0 saturated heterocycles. The Kier molecular flexibility index (Phi) is 5.37. The van der Waals surface area contributed by atoms with E-state index in [1.165, 1.54) is 12.1 Å². The van der Waals surface area contributed by atoms with Crippen LogP contribution in [0.5, 0.6) is 11.5 Å². The van der Waals surface area contributed by atoms with Crippen molar-refractivity contribution in [1.29, 1.82) is 0 Å². The van der Waals surface area contributed by atoms with Gasteiger partial charge in [-0.1, -0.05) is 28.1 Å². The summed E-state index contributed by atoms with van der Waals surface area (Å²) < 4.78 is 12.7. The Labute approximate surface area is 181 Å². The second-order valence-electron chi connectivity index (χ2n) is 6.82. The topological polar surface area (TPSA) is 78.7 Å². The molecular weight excluding hydrogens is 450 g/mol. The Morgan fingerprint density at radius 2 is 1.80 bits per heavy atom. The molecule has 0 atom stereocenters. The third-order valence-corrected chi connectivity index (χ3v) is 5.19. The Bertz CT molecular complexity index is 1170. The van der Waals surface area contributed by atoms with Crippen LogP contribution in [0.15, 0.2) is 70.9 Å². The van der Waals surface area contributed by atoms with E-state index >= 15 is 0 Å². The summed E-state index contributed by atoms with van der Waals surface area (Å²) >= 11 is 3.40. The van der Waals surface area contributed by atoms with Gasteiger partial charge in [0.2, 0.25) is 5.78 Å². The molecule has 3 aromatic carbocycles. The van der Waals surface area contributed by atoms with Gasteiger partial charge in [0.1, 0.15) is 18.1 Å². The number of allylic oxidation sites excluding steroid dienone is 1. The van der Waals surface area contributed by atoms with E-state index in [9.17, 15) is 14.9 Å². The number of halogens is 1. The van der Waals surface area contributed by atoms with Gasteiger partial charge in [0.05, 0.1) is 10.5 Å². The highest BCUT2D eigenvalue weighted by Crippen LogP contribution is 2.37. The highest BCUT2D eigenvalue weighted by Gasteiger charge is 2.30. The summed E-state index contributed by atoms with van der Waals surface area (Å²) in [5.41, 5.74) is 2.91. The fraction of sp³-hybridized carbons (Fsp3) is 0.0870. The van der Waals surface area contributed by atoms with E-state index in [-0.39, 0.29) is 17.2 Å². The van der Waals surface area contributed by atoms with Gasteiger partial charge >= 0.3 is 0 Å². The highest BCUT2D eigenvalue weighted by atomic mass is 79.9. The number of carbonyl (C=O) groups is 1. The van der Waals surface area contributed by atoms with Gasteiger partial charge in [-0.15, -0.1) is 0 Å². The van der Waals surface area contributed by atoms with E-state index in [0.717, 1.165) is 15.6 Å². The molecule has 150 valence electrons. The monoisotopic (exact) mass is 465 g/mol. The lowest BCUT2D eigenvalue weighted by atomic mass is 10.0. The number of Topliss-reactive ketones (excluding diaryl/α,β-unsaturated/α-hetero) is 1. The zero-order valence-electron chi connectivity index (χ0n) is 15.9. The number of fused-ring (bicyclic) bond motifs is 1. The third kappa shape index (κ3) is 4.11. The Balaban J connectivity index is 1.54. The minimum Gasteiger partial charge on any atom is -0.489 e. The largest absolute Gasteiger partial charge is 0.489 e. The zero-order chi connectivity index (χ0) is 21.3. The van der Waals surface area contributed by atoms with Crippen LogP contribution in [0.2, 0.25) is 0 Å². The molecule has 7 heteroatoms. The molecule has 1 aliphatic heterocycles. The molecule has 0 aromatic heterocycles. The van der Waals surface area contributed by atoms with Gasteiger partial charge < -0.3 is 9.47 Å². The van der Waals surface area contributed by atoms with E-state index in [1.54, 1.807) is 24.3 Å². The Morgan fingerprint density at radius 1 is 1.10 bits per heavy atom. The molecule has 0 spiro atoms. The van der Waals surface area contributed by atoms with Gasteiger partial charge in [0.15, 0.2) is 5.76 Å². The fourth-order valence-corrected chi connectivity index (χ4v) is 3.42. The summed E-state index contributed by atoms with van der Waals surface area (Å²) in [6.07, 6.45) is 1.58.